The maximum absolute atomic E-state index is 2.63. The van der Waals surface area contributed by atoms with Gasteiger partial charge in [0, 0.05) is 10.8 Å². The third-order valence-electron chi connectivity index (χ3n) is 12.1. The summed E-state index contributed by atoms with van der Waals surface area (Å²) in [5, 5.41) is 0. The zero-order valence-electron chi connectivity index (χ0n) is 27.5. The van der Waals surface area contributed by atoms with Gasteiger partial charge in [-0.3, -0.25) is 0 Å². The molecule has 0 bridgehead atoms. The van der Waals surface area contributed by atoms with Crippen LogP contribution in [-0.4, -0.2) is 0 Å². The second kappa shape index (κ2) is 11.8. The Morgan fingerprint density at radius 2 is 0.698 bits per heavy atom. The van der Waals surface area contributed by atoms with Gasteiger partial charge in [-0.1, -0.05) is 133 Å². The number of hydrogen-bond acceptors (Lipinski definition) is 0. The van der Waals surface area contributed by atoms with Crippen LogP contribution in [0.1, 0.15) is 110 Å². The van der Waals surface area contributed by atoms with Crippen LogP contribution in [0.3, 0.4) is 0 Å². The Labute approximate surface area is 262 Å². The summed E-state index contributed by atoms with van der Waals surface area (Å²) in [7, 11) is 0. The molecule has 4 aromatic rings. The van der Waals surface area contributed by atoms with Gasteiger partial charge in [-0.2, -0.15) is 0 Å². The molecule has 0 amide bonds. The van der Waals surface area contributed by atoms with Gasteiger partial charge in [-0.05, 0) is 119 Å². The summed E-state index contributed by atoms with van der Waals surface area (Å²) < 4.78 is 0. The molecule has 2 saturated carbocycles. The number of benzene rings is 4. The molecule has 0 unspecified atom stereocenters. The van der Waals surface area contributed by atoms with Crippen molar-refractivity contribution in [1.82, 2.24) is 0 Å². The Morgan fingerprint density at radius 3 is 0.930 bits per heavy atom. The Morgan fingerprint density at radius 1 is 0.442 bits per heavy atom. The quantitative estimate of drug-likeness (QED) is 0.217. The molecule has 0 atom stereocenters. The first kappa shape index (κ1) is 29.9. The number of rotatable bonds is 6. The van der Waals surface area contributed by atoms with Crippen LogP contribution in [0.4, 0.5) is 0 Å². The van der Waals surface area contributed by atoms with Crippen LogP contribution in [0.2, 0.25) is 0 Å². The minimum Gasteiger partial charge on any atom is -0.0617 e. The predicted molar refractivity (Wildman–Crippen MR) is 184 cm³/mol. The van der Waals surface area contributed by atoms with Crippen molar-refractivity contribution in [3.8, 4) is 0 Å². The van der Waals surface area contributed by atoms with E-state index >= 15 is 0 Å². The third kappa shape index (κ3) is 5.63. The summed E-state index contributed by atoms with van der Waals surface area (Å²) in [5.74, 6) is 1.54. The molecule has 4 aromatic carbocycles. The maximum Gasteiger partial charge on any atom is 0.0203 e. The van der Waals surface area contributed by atoms with Crippen molar-refractivity contribution in [2.24, 2.45) is 17.3 Å². The van der Waals surface area contributed by atoms with E-state index in [-0.39, 0.29) is 10.8 Å². The highest BCUT2D eigenvalue weighted by Gasteiger charge is 2.48. The van der Waals surface area contributed by atoms with Gasteiger partial charge in [0.05, 0.1) is 0 Å². The van der Waals surface area contributed by atoms with Gasteiger partial charge >= 0.3 is 0 Å². The van der Waals surface area contributed by atoms with Crippen LogP contribution in [0.25, 0.3) is 0 Å². The highest BCUT2D eigenvalue weighted by atomic mass is 14.5. The lowest BCUT2D eigenvalue weighted by Crippen LogP contribution is -2.43. The van der Waals surface area contributed by atoms with Crippen molar-refractivity contribution in [3.05, 3.63) is 142 Å². The highest BCUT2D eigenvalue weighted by molar-refractivity contribution is 5.44. The molecular weight excluding hydrogens is 516 g/mol. The van der Waals surface area contributed by atoms with Crippen LogP contribution in [-0.2, 0) is 10.8 Å². The molecule has 0 aromatic heterocycles. The Bertz CT molecular complexity index is 1340. The highest BCUT2D eigenvalue weighted by Crippen LogP contribution is 2.57. The summed E-state index contributed by atoms with van der Waals surface area (Å²) in [6, 6.07) is 37.5. The number of hydrogen-bond donors (Lipinski definition) is 0. The van der Waals surface area contributed by atoms with E-state index < -0.39 is 0 Å². The van der Waals surface area contributed by atoms with Crippen molar-refractivity contribution in [2.75, 3.05) is 0 Å². The second-order valence-corrected chi connectivity index (χ2v) is 15.0. The van der Waals surface area contributed by atoms with Gasteiger partial charge in [0.1, 0.15) is 0 Å². The molecule has 2 aliphatic rings. The van der Waals surface area contributed by atoms with Crippen molar-refractivity contribution in [2.45, 2.75) is 104 Å². The van der Waals surface area contributed by atoms with E-state index in [2.05, 4.69) is 139 Å². The molecule has 2 fully saturated rings. The molecule has 0 heteroatoms. The third-order valence-corrected chi connectivity index (χ3v) is 12.1. The Kier molecular flexibility index (Phi) is 8.18. The van der Waals surface area contributed by atoms with E-state index in [0.717, 1.165) is 11.8 Å². The van der Waals surface area contributed by atoms with Gasteiger partial charge in [0.2, 0.25) is 0 Å². The fourth-order valence-electron chi connectivity index (χ4n) is 9.30. The molecule has 6 rings (SSSR count). The van der Waals surface area contributed by atoms with E-state index in [1.807, 2.05) is 0 Å². The lowest BCUT2D eigenvalue weighted by atomic mass is 9.53. The van der Waals surface area contributed by atoms with Crippen LogP contribution >= 0.6 is 0 Å². The predicted octanol–water partition coefficient (Wildman–Crippen LogP) is 11.6. The molecular formula is C43H52. The Hall–Kier alpha value is -3.12. The summed E-state index contributed by atoms with van der Waals surface area (Å²) in [4.78, 5) is 0. The monoisotopic (exact) mass is 568 g/mol. The van der Waals surface area contributed by atoms with E-state index in [0.29, 0.717) is 5.41 Å². The minimum atomic E-state index is 0.128. The summed E-state index contributed by atoms with van der Waals surface area (Å²) in [6.07, 6.45) is 10.2. The minimum absolute atomic E-state index is 0.128. The molecule has 43 heavy (non-hydrogen) atoms. The molecule has 0 nitrogen and oxygen atoms in total. The molecule has 0 heterocycles. The van der Waals surface area contributed by atoms with Gasteiger partial charge in [-0.15, -0.1) is 0 Å². The Balaban J connectivity index is 1.24. The largest absolute Gasteiger partial charge is 0.0617 e. The van der Waals surface area contributed by atoms with Gasteiger partial charge in [0.15, 0.2) is 0 Å². The standard InChI is InChI=1S/C43H52/c1-31-11-7-15-37(27-31)42(38-16-8-12-32(2)28-38)23-19-35(20-24-42)41(5,6)36-21-25-43(26-22-36,39-17-9-13-33(3)29-39)40-18-10-14-34(4)30-40/h7-18,27-30,35-36H,19-26H2,1-6H3. The lowest BCUT2D eigenvalue weighted by Gasteiger charge is -2.52. The molecule has 0 N–H and O–H groups in total. The average molecular weight is 569 g/mol. The van der Waals surface area contributed by atoms with E-state index in [4.69, 9.17) is 0 Å². The van der Waals surface area contributed by atoms with Crippen molar-refractivity contribution in [3.63, 3.8) is 0 Å². The first-order valence-corrected chi connectivity index (χ1v) is 16.9. The maximum atomic E-state index is 2.63. The van der Waals surface area contributed by atoms with Gasteiger partial charge in [-0.25, -0.2) is 0 Å². The first-order chi connectivity index (χ1) is 20.6. The molecule has 0 saturated heterocycles. The second-order valence-electron chi connectivity index (χ2n) is 15.0. The molecule has 224 valence electrons. The molecule has 0 aliphatic heterocycles. The average Bonchev–Trinajstić information content (AvgIpc) is 3.01. The molecule has 0 spiro atoms. The zero-order chi connectivity index (χ0) is 30.2. The zero-order valence-corrected chi connectivity index (χ0v) is 27.5. The summed E-state index contributed by atoms with van der Waals surface area (Å²) in [5.41, 5.74) is 12.2. The molecule has 0 radical (unpaired) electrons. The van der Waals surface area contributed by atoms with E-state index in [1.165, 1.54) is 95.9 Å². The lowest BCUT2D eigenvalue weighted by molar-refractivity contribution is 0.0364. The fourth-order valence-corrected chi connectivity index (χ4v) is 9.30. The topological polar surface area (TPSA) is 0 Å². The van der Waals surface area contributed by atoms with Crippen LogP contribution < -0.4 is 0 Å². The van der Waals surface area contributed by atoms with Crippen LogP contribution in [0.5, 0.6) is 0 Å². The van der Waals surface area contributed by atoms with Crippen molar-refractivity contribution >= 4 is 0 Å². The van der Waals surface area contributed by atoms with Gasteiger partial charge < -0.3 is 0 Å². The first-order valence-electron chi connectivity index (χ1n) is 16.9. The van der Waals surface area contributed by atoms with E-state index in [9.17, 15) is 0 Å². The smallest absolute Gasteiger partial charge is 0.0203 e. The fraction of sp³-hybridized carbons (Fsp3) is 0.442. The SMILES string of the molecule is Cc1cccc(C2(c3cccc(C)c3)CCC(C(C)(C)C3CCC(c4cccc(C)c4)(c4cccc(C)c4)CC3)CC2)c1. The van der Waals surface area contributed by atoms with Crippen LogP contribution in [0, 0.1) is 44.9 Å². The normalized spacial score (nSPS) is 19.3. The van der Waals surface area contributed by atoms with Crippen molar-refractivity contribution < 1.29 is 0 Å². The summed E-state index contributed by atoms with van der Waals surface area (Å²) in [6.45, 7) is 14.2. The molecule has 2 aliphatic carbocycles. The van der Waals surface area contributed by atoms with Crippen molar-refractivity contribution in [1.29, 1.82) is 0 Å². The number of aryl methyl sites for hydroxylation is 4. The van der Waals surface area contributed by atoms with E-state index in [1.54, 1.807) is 0 Å². The van der Waals surface area contributed by atoms with Crippen LogP contribution in [0.15, 0.2) is 97.1 Å². The summed E-state index contributed by atoms with van der Waals surface area (Å²) >= 11 is 0. The van der Waals surface area contributed by atoms with Gasteiger partial charge in [0.25, 0.3) is 0 Å².